The standard InChI is InChI=1S/C14H16ClNO2/c1-3-12(13-5-4-8-18-13)16-10-6-7-11(15)14(9-10)17-2/h4-9,12,16H,3H2,1-2H3. The molecule has 1 aromatic heterocycles. The number of benzene rings is 1. The number of hydrogen-bond acceptors (Lipinski definition) is 3. The Balaban J connectivity index is 2.17. The molecular formula is C14H16ClNO2. The van der Waals surface area contributed by atoms with Crippen LogP contribution in [0.4, 0.5) is 5.69 Å². The van der Waals surface area contributed by atoms with Crippen LogP contribution < -0.4 is 10.1 Å². The van der Waals surface area contributed by atoms with Crippen molar-refractivity contribution < 1.29 is 9.15 Å². The first-order valence-electron chi connectivity index (χ1n) is 5.88. The molecule has 1 unspecified atom stereocenters. The second-order valence-electron chi connectivity index (χ2n) is 3.97. The highest BCUT2D eigenvalue weighted by atomic mass is 35.5. The van der Waals surface area contributed by atoms with Crippen LogP contribution in [0.2, 0.25) is 5.02 Å². The third kappa shape index (κ3) is 2.79. The van der Waals surface area contributed by atoms with Crippen LogP contribution >= 0.6 is 11.6 Å². The van der Waals surface area contributed by atoms with Crippen LogP contribution in [0, 0.1) is 0 Å². The van der Waals surface area contributed by atoms with Gasteiger partial charge in [-0.15, -0.1) is 0 Å². The van der Waals surface area contributed by atoms with Crippen LogP contribution in [0.5, 0.6) is 5.75 Å². The Morgan fingerprint density at radius 3 is 2.83 bits per heavy atom. The van der Waals surface area contributed by atoms with Gasteiger partial charge in [0.1, 0.15) is 11.5 Å². The molecule has 0 radical (unpaired) electrons. The van der Waals surface area contributed by atoms with Gasteiger partial charge >= 0.3 is 0 Å². The molecule has 0 aliphatic heterocycles. The molecule has 0 aliphatic carbocycles. The molecular weight excluding hydrogens is 250 g/mol. The highest BCUT2D eigenvalue weighted by Gasteiger charge is 2.12. The van der Waals surface area contributed by atoms with Crippen molar-refractivity contribution >= 4 is 17.3 Å². The number of methoxy groups -OCH3 is 1. The molecule has 0 amide bonds. The fraction of sp³-hybridized carbons (Fsp3) is 0.286. The summed E-state index contributed by atoms with van der Waals surface area (Å²) in [4.78, 5) is 0. The van der Waals surface area contributed by atoms with E-state index >= 15 is 0 Å². The maximum absolute atomic E-state index is 6.00. The summed E-state index contributed by atoms with van der Waals surface area (Å²) in [6, 6.07) is 9.63. The van der Waals surface area contributed by atoms with E-state index < -0.39 is 0 Å². The SMILES string of the molecule is CCC(Nc1ccc(Cl)c(OC)c1)c1ccco1. The number of rotatable bonds is 5. The zero-order chi connectivity index (χ0) is 13.0. The zero-order valence-corrected chi connectivity index (χ0v) is 11.2. The Morgan fingerprint density at radius 1 is 1.39 bits per heavy atom. The summed E-state index contributed by atoms with van der Waals surface area (Å²) in [5.74, 6) is 1.59. The second kappa shape index (κ2) is 5.83. The van der Waals surface area contributed by atoms with Crippen molar-refractivity contribution in [3.63, 3.8) is 0 Å². The minimum Gasteiger partial charge on any atom is -0.495 e. The van der Waals surface area contributed by atoms with Crippen LogP contribution in [0.1, 0.15) is 25.1 Å². The average molecular weight is 266 g/mol. The van der Waals surface area contributed by atoms with E-state index in [9.17, 15) is 0 Å². The third-order valence-electron chi connectivity index (χ3n) is 2.79. The predicted molar refractivity (Wildman–Crippen MR) is 73.4 cm³/mol. The average Bonchev–Trinajstić information content (AvgIpc) is 2.91. The van der Waals surface area contributed by atoms with E-state index in [-0.39, 0.29) is 6.04 Å². The van der Waals surface area contributed by atoms with Gasteiger partial charge in [-0.1, -0.05) is 18.5 Å². The van der Waals surface area contributed by atoms with Crippen LogP contribution in [0.3, 0.4) is 0 Å². The molecule has 0 bridgehead atoms. The van der Waals surface area contributed by atoms with E-state index in [1.165, 1.54) is 0 Å². The molecule has 0 saturated heterocycles. The van der Waals surface area contributed by atoms with Gasteiger partial charge in [0, 0.05) is 11.8 Å². The van der Waals surface area contributed by atoms with E-state index in [1.807, 2.05) is 30.3 Å². The number of ether oxygens (including phenoxy) is 1. The van der Waals surface area contributed by atoms with Crippen molar-refractivity contribution in [3.8, 4) is 5.75 Å². The third-order valence-corrected chi connectivity index (χ3v) is 3.10. The molecule has 4 heteroatoms. The summed E-state index contributed by atoms with van der Waals surface area (Å²) in [6.45, 7) is 2.10. The first-order chi connectivity index (χ1) is 8.74. The molecule has 1 atom stereocenters. The molecule has 1 heterocycles. The van der Waals surface area contributed by atoms with Crippen molar-refractivity contribution in [2.75, 3.05) is 12.4 Å². The number of nitrogens with one attached hydrogen (secondary N) is 1. The first-order valence-corrected chi connectivity index (χ1v) is 6.26. The van der Waals surface area contributed by atoms with Crippen molar-refractivity contribution in [1.82, 2.24) is 0 Å². The highest BCUT2D eigenvalue weighted by Crippen LogP contribution is 2.30. The molecule has 0 spiro atoms. The van der Waals surface area contributed by atoms with E-state index in [2.05, 4.69) is 12.2 Å². The topological polar surface area (TPSA) is 34.4 Å². The Bertz CT molecular complexity index is 497. The Kier molecular flexibility index (Phi) is 4.15. The summed E-state index contributed by atoms with van der Waals surface area (Å²) in [6.07, 6.45) is 2.61. The Morgan fingerprint density at radius 2 is 2.22 bits per heavy atom. The van der Waals surface area contributed by atoms with Crippen molar-refractivity contribution in [2.24, 2.45) is 0 Å². The minimum absolute atomic E-state index is 0.144. The Labute approximate surface area is 112 Å². The van der Waals surface area contributed by atoms with Gasteiger partial charge < -0.3 is 14.5 Å². The number of halogens is 1. The molecule has 0 saturated carbocycles. The van der Waals surface area contributed by atoms with Crippen molar-refractivity contribution in [1.29, 1.82) is 0 Å². The quantitative estimate of drug-likeness (QED) is 0.864. The largest absolute Gasteiger partial charge is 0.495 e. The van der Waals surface area contributed by atoms with Gasteiger partial charge in [0.2, 0.25) is 0 Å². The highest BCUT2D eigenvalue weighted by molar-refractivity contribution is 6.32. The van der Waals surface area contributed by atoms with Gasteiger partial charge in [-0.05, 0) is 30.7 Å². The maximum atomic E-state index is 6.00. The van der Waals surface area contributed by atoms with Crippen LogP contribution in [0.25, 0.3) is 0 Å². The van der Waals surface area contributed by atoms with Gasteiger partial charge in [-0.3, -0.25) is 0 Å². The molecule has 3 nitrogen and oxygen atoms in total. The normalized spacial score (nSPS) is 12.2. The van der Waals surface area contributed by atoms with Gasteiger partial charge in [0.05, 0.1) is 24.4 Å². The maximum Gasteiger partial charge on any atom is 0.139 e. The van der Waals surface area contributed by atoms with Crippen LogP contribution in [-0.2, 0) is 0 Å². The summed E-state index contributed by atoms with van der Waals surface area (Å²) < 4.78 is 10.6. The fourth-order valence-electron chi connectivity index (χ4n) is 1.81. The summed E-state index contributed by atoms with van der Waals surface area (Å²) >= 11 is 6.00. The molecule has 1 N–H and O–H groups in total. The molecule has 96 valence electrons. The lowest BCUT2D eigenvalue weighted by Gasteiger charge is -2.16. The van der Waals surface area contributed by atoms with E-state index in [4.69, 9.17) is 20.8 Å². The molecule has 0 aliphatic rings. The number of hydrogen-bond donors (Lipinski definition) is 1. The van der Waals surface area contributed by atoms with E-state index in [1.54, 1.807) is 13.4 Å². The smallest absolute Gasteiger partial charge is 0.139 e. The monoisotopic (exact) mass is 265 g/mol. The number of anilines is 1. The lowest BCUT2D eigenvalue weighted by Crippen LogP contribution is -2.08. The summed E-state index contributed by atoms with van der Waals surface area (Å²) in [5, 5.41) is 4.01. The number of furan rings is 1. The van der Waals surface area contributed by atoms with Gasteiger partial charge in [-0.2, -0.15) is 0 Å². The van der Waals surface area contributed by atoms with Crippen molar-refractivity contribution in [3.05, 3.63) is 47.4 Å². The van der Waals surface area contributed by atoms with Gasteiger partial charge in [0.25, 0.3) is 0 Å². The summed E-state index contributed by atoms with van der Waals surface area (Å²) in [7, 11) is 1.61. The fourth-order valence-corrected chi connectivity index (χ4v) is 2.01. The molecule has 2 aromatic rings. The van der Waals surface area contributed by atoms with E-state index in [0.717, 1.165) is 17.9 Å². The molecule has 0 fully saturated rings. The molecule has 1 aromatic carbocycles. The van der Waals surface area contributed by atoms with Gasteiger partial charge in [0.15, 0.2) is 0 Å². The minimum atomic E-state index is 0.144. The second-order valence-corrected chi connectivity index (χ2v) is 4.38. The van der Waals surface area contributed by atoms with Gasteiger partial charge in [-0.25, -0.2) is 0 Å². The lowest BCUT2D eigenvalue weighted by molar-refractivity contribution is 0.415. The molecule has 18 heavy (non-hydrogen) atoms. The van der Waals surface area contributed by atoms with E-state index in [0.29, 0.717) is 10.8 Å². The lowest BCUT2D eigenvalue weighted by atomic mass is 10.1. The zero-order valence-electron chi connectivity index (χ0n) is 10.4. The summed E-state index contributed by atoms with van der Waals surface area (Å²) in [5.41, 5.74) is 0.958. The van der Waals surface area contributed by atoms with Crippen LogP contribution in [-0.4, -0.2) is 7.11 Å². The predicted octanol–water partition coefficient (Wildman–Crippen LogP) is 4.50. The Hall–Kier alpha value is -1.61. The van der Waals surface area contributed by atoms with Crippen molar-refractivity contribution in [2.45, 2.75) is 19.4 Å². The molecule has 2 rings (SSSR count). The van der Waals surface area contributed by atoms with Crippen LogP contribution in [0.15, 0.2) is 41.0 Å². The first kappa shape index (κ1) is 12.8.